The first-order valence-electron chi connectivity index (χ1n) is 20.7. The predicted octanol–water partition coefficient (Wildman–Crippen LogP) is 16.2. The van der Waals surface area contributed by atoms with E-state index in [0.717, 1.165) is 50.6 Å². The maximum Gasteiger partial charge on any atom is 0.123 e. The highest BCUT2D eigenvalue weighted by atomic mass is 19.1. The molecule has 0 saturated carbocycles. The number of aromatic nitrogens is 1. The average molecular weight is 783 g/mol. The molecule has 0 saturated heterocycles. The largest absolute Gasteiger partial charge is 0.311 e. The second kappa shape index (κ2) is 15.3. The second-order valence-electron chi connectivity index (χ2n) is 15.5. The number of anilines is 3. The fraction of sp³-hybridized carbons (Fsp3) is 0. The third-order valence-corrected chi connectivity index (χ3v) is 11.9. The lowest BCUT2D eigenvalue weighted by molar-refractivity contribution is 0.628. The van der Waals surface area contributed by atoms with Gasteiger partial charge in [-0.15, -0.1) is 0 Å². The van der Waals surface area contributed by atoms with Crippen LogP contribution in [-0.4, -0.2) is 4.57 Å². The van der Waals surface area contributed by atoms with Crippen molar-refractivity contribution in [3.8, 4) is 50.2 Å². The first kappa shape index (κ1) is 36.1. The van der Waals surface area contributed by atoms with Crippen LogP contribution in [0.3, 0.4) is 0 Å². The molecule has 0 unspecified atom stereocenters. The Balaban J connectivity index is 0.929. The molecule has 0 bridgehead atoms. The van der Waals surface area contributed by atoms with Crippen LogP contribution in [0.5, 0.6) is 0 Å². The van der Waals surface area contributed by atoms with Gasteiger partial charge in [0.05, 0.1) is 11.0 Å². The fourth-order valence-corrected chi connectivity index (χ4v) is 8.73. The van der Waals surface area contributed by atoms with Crippen molar-refractivity contribution in [1.29, 1.82) is 0 Å². The van der Waals surface area contributed by atoms with E-state index in [-0.39, 0.29) is 5.82 Å². The molecule has 11 aromatic rings. The van der Waals surface area contributed by atoms with Crippen LogP contribution in [0, 0.1) is 5.82 Å². The van der Waals surface area contributed by atoms with E-state index in [4.69, 9.17) is 0 Å². The minimum atomic E-state index is -0.229. The molecule has 0 spiro atoms. The Bertz CT molecular complexity index is 3260. The Hall–Kier alpha value is -8.01. The summed E-state index contributed by atoms with van der Waals surface area (Å²) in [6.45, 7) is 0. The Labute approximate surface area is 354 Å². The first-order chi connectivity index (χ1) is 30.1. The summed E-state index contributed by atoms with van der Waals surface area (Å²) in [5, 5.41) is 4.99. The summed E-state index contributed by atoms with van der Waals surface area (Å²) in [6, 6.07) is 82.9. The van der Waals surface area contributed by atoms with Crippen molar-refractivity contribution >= 4 is 49.6 Å². The first-order valence-corrected chi connectivity index (χ1v) is 20.7. The van der Waals surface area contributed by atoms with E-state index in [1.807, 2.05) is 12.1 Å². The lowest BCUT2D eigenvalue weighted by atomic mass is 9.98. The van der Waals surface area contributed by atoms with Crippen LogP contribution in [0.1, 0.15) is 0 Å². The topological polar surface area (TPSA) is 8.17 Å². The van der Waals surface area contributed by atoms with Crippen molar-refractivity contribution in [2.24, 2.45) is 0 Å². The van der Waals surface area contributed by atoms with Crippen molar-refractivity contribution in [1.82, 2.24) is 4.57 Å². The van der Waals surface area contributed by atoms with Gasteiger partial charge in [-0.3, -0.25) is 0 Å². The molecule has 10 aromatic carbocycles. The van der Waals surface area contributed by atoms with Gasteiger partial charge in [0.1, 0.15) is 5.82 Å². The van der Waals surface area contributed by atoms with Crippen LogP contribution < -0.4 is 4.90 Å². The van der Waals surface area contributed by atoms with Gasteiger partial charge in [-0.1, -0.05) is 158 Å². The molecule has 11 rings (SSSR count). The molecule has 61 heavy (non-hydrogen) atoms. The quantitative estimate of drug-likeness (QED) is 0.149. The molecule has 0 atom stereocenters. The normalized spacial score (nSPS) is 11.4. The van der Waals surface area contributed by atoms with E-state index in [0.29, 0.717) is 0 Å². The molecule has 0 aliphatic rings. The van der Waals surface area contributed by atoms with Crippen LogP contribution in [0.25, 0.3) is 82.8 Å². The van der Waals surface area contributed by atoms with Crippen LogP contribution in [0.2, 0.25) is 0 Å². The van der Waals surface area contributed by atoms with E-state index >= 15 is 0 Å². The van der Waals surface area contributed by atoms with Crippen molar-refractivity contribution in [2.75, 3.05) is 4.90 Å². The number of benzene rings is 10. The van der Waals surface area contributed by atoms with Crippen LogP contribution >= 0.6 is 0 Å². The van der Waals surface area contributed by atoms with Gasteiger partial charge in [-0.25, -0.2) is 4.39 Å². The van der Waals surface area contributed by atoms with Gasteiger partial charge in [0.2, 0.25) is 0 Å². The van der Waals surface area contributed by atoms with Crippen LogP contribution in [0.15, 0.2) is 237 Å². The molecule has 3 heteroatoms. The van der Waals surface area contributed by atoms with E-state index in [2.05, 4.69) is 222 Å². The molecule has 1 aromatic heterocycles. The van der Waals surface area contributed by atoms with Crippen molar-refractivity contribution < 1.29 is 4.39 Å². The van der Waals surface area contributed by atoms with Gasteiger partial charge < -0.3 is 9.47 Å². The summed E-state index contributed by atoms with van der Waals surface area (Å²) in [7, 11) is 0. The molecule has 0 aliphatic heterocycles. The van der Waals surface area contributed by atoms with Crippen molar-refractivity contribution in [3.63, 3.8) is 0 Å². The summed E-state index contributed by atoms with van der Waals surface area (Å²) in [5.74, 6) is -0.229. The van der Waals surface area contributed by atoms with Gasteiger partial charge in [-0.2, -0.15) is 0 Å². The third kappa shape index (κ3) is 6.82. The number of hydrogen-bond acceptors (Lipinski definition) is 1. The maximum atomic E-state index is 13.6. The summed E-state index contributed by atoms with van der Waals surface area (Å²) in [6.07, 6.45) is 0. The van der Waals surface area contributed by atoms with Crippen LogP contribution in [-0.2, 0) is 0 Å². The lowest BCUT2D eigenvalue weighted by Gasteiger charge is -2.26. The van der Waals surface area contributed by atoms with Crippen LogP contribution in [0.4, 0.5) is 21.5 Å². The zero-order chi connectivity index (χ0) is 40.7. The van der Waals surface area contributed by atoms with E-state index in [1.165, 1.54) is 61.4 Å². The molecule has 0 N–H and O–H groups in total. The minimum absolute atomic E-state index is 0.229. The Kier molecular flexibility index (Phi) is 9.05. The zero-order valence-corrected chi connectivity index (χ0v) is 33.3. The third-order valence-electron chi connectivity index (χ3n) is 11.9. The van der Waals surface area contributed by atoms with E-state index in [1.54, 1.807) is 0 Å². The highest BCUT2D eigenvalue weighted by molar-refractivity contribution is 6.09. The predicted molar refractivity (Wildman–Crippen MR) is 255 cm³/mol. The standard InChI is InChI=1S/C58H39FN2/c59-50-29-23-44(24-30-50)41-13-15-42(16-14-41)45-25-31-51(32-26-45)60(53-35-37-54(38-36-53)61-57-11-5-3-9-55(57)56-10-4-6-12-58(56)61)52-33-27-46(28-34-52)43-17-19-47(20-18-43)49-22-21-40-7-1-2-8-48(40)39-49/h1-39H. The SMILES string of the molecule is Fc1ccc(-c2ccc(-c3ccc(N(c4ccc(-c5ccc(-c6ccc7ccccc7c6)cc5)cc4)c4ccc(-n5c6ccccc6c6ccccc65)cc4)cc3)cc2)cc1. The fourth-order valence-electron chi connectivity index (χ4n) is 8.73. The van der Waals surface area contributed by atoms with Gasteiger partial charge in [-0.05, 0) is 134 Å². The number of hydrogen-bond donors (Lipinski definition) is 0. The highest BCUT2D eigenvalue weighted by Gasteiger charge is 2.16. The highest BCUT2D eigenvalue weighted by Crippen LogP contribution is 2.39. The van der Waals surface area contributed by atoms with Gasteiger partial charge >= 0.3 is 0 Å². The summed E-state index contributed by atoms with van der Waals surface area (Å²) in [4.78, 5) is 2.32. The molecule has 2 nitrogen and oxygen atoms in total. The maximum absolute atomic E-state index is 13.6. The second-order valence-corrected chi connectivity index (χ2v) is 15.5. The average Bonchev–Trinajstić information content (AvgIpc) is 3.67. The van der Waals surface area contributed by atoms with E-state index in [9.17, 15) is 4.39 Å². The molecule has 1 heterocycles. The molecule has 0 radical (unpaired) electrons. The summed E-state index contributed by atoms with van der Waals surface area (Å²) < 4.78 is 15.9. The molecule has 0 fully saturated rings. The summed E-state index contributed by atoms with van der Waals surface area (Å²) in [5.41, 5.74) is 15.7. The summed E-state index contributed by atoms with van der Waals surface area (Å²) >= 11 is 0. The number of rotatable bonds is 8. The molecule has 0 aliphatic carbocycles. The Morgan fingerprint density at radius 1 is 0.295 bits per heavy atom. The van der Waals surface area contributed by atoms with E-state index < -0.39 is 0 Å². The zero-order valence-electron chi connectivity index (χ0n) is 33.3. The lowest BCUT2D eigenvalue weighted by Crippen LogP contribution is -2.10. The van der Waals surface area contributed by atoms with Gasteiger partial charge in [0, 0.05) is 33.5 Å². The number of fused-ring (bicyclic) bond motifs is 4. The minimum Gasteiger partial charge on any atom is -0.311 e. The Morgan fingerprint density at radius 3 is 1.11 bits per heavy atom. The molecule has 288 valence electrons. The van der Waals surface area contributed by atoms with Crippen molar-refractivity contribution in [3.05, 3.63) is 242 Å². The number of para-hydroxylation sites is 2. The molecular formula is C58H39FN2. The van der Waals surface area contributed by atoms with Gasteiger partial charge in [0.25, 0.3) is 0 Å². The molecular weight excluding hydrogens is 744 g/mol. The number of halogens is 1. The Morgan fingerprint density at radius 2 is 0.639 bits per heavy atom. The van der Waals surface area contributed by atoms with Crippen molar-refractivity contribution in [2.45, 2.75) is 0 Å². The molecule has 0 amide bonds. The van der Waals surface area contributed by atoms with Gasteiger partial charge in [0.15, 0.2) is 0 Å². The smallest absolute Gasteiger partial charge is 0.123 e. The number of nitrogens with zero attached hydrogens (tertiary/aromatic N) is 2. The monoisotopic (exact) mass is 782 g/mol.